The molecule has 5 heteroatoms. The van der Waals surface area contributed by atoms with Crippen LogP contribution >= 0.6 is 15.9 Å². The molecule has 4 bridgehead atoms. The van der Waals surface area contributed by atoms with Crippen LogP contribution in [0.2, 0.25) is 0 Å². The highest BCUT2D eigenvalue weighted by atomic mass is 79.9. The molecule has 27 heavy (non-hydrogen) atoms. The van der Waals surface area contributed by atoms with E-state index >= 15 is 0 Å². The fraction of sp³-hybridized carbons (Fsp3) is 0.636. The maximum atomic E-state index is 12.9. The molecule has 0 unspecified atom stereocenters. The molecule has 5 rings (SSSR count). The van der Waals surface area contributed by atoms with Gasteiger partial charge >= 0.3 is 0 Å². The van der Waals surface area contributed by atoms with Gasteiger partial charge in [0, 0.05) is 29.4 Å². The second kappa shape index (κ2) is 7.94. The van der Waals surface area contributed by atoms with E-state index in [1.165, 1.54) is 24.8 Å². The van der Waals surface area contributed by atoms with Gasteiger partial charge in [0.1, 0.15) is 0 Å². The van der Waals surface area contributed by atoms with Crippen LogP contribution in [-0.4, -0.2) is 24.9 Å². The van der Waals surface area contributed by atoms with Gasteiger partial charge in [0.15, 0.2) is 0 Å². The number of carbonyl (C=O) groups excluding carboxylic acids is 2. The van der Waals surface area contributed by atoms with Crippen molar-refractivity contribution < 1.29 is 9.59 Å². The summed E-state index contributed by atoms with van der Waals surface area (Å²) in [7, 11) is 0. The largest absolute Gasteiger partial charge is 0.356 e. The molecule has 1 aromatic rings. The van der Waals surface area contributed by atoms with Crippen LogP contribution in [-0.2, 0) is 16.0 Å². The van der Waals surface area contributed by atoms with Crippen molar-refractivity contribution in [2.45, 2.75) is 51.4 Å². The van der Waals surface area contributed by atoms with Crippen LogP contribution in [0.5, 0.6) is 0 Å². The van der Waals surface area contributed by atoms with E-state index in [2.05, 4.69) is 32.6 Å². The molecule has 1 aromatic carbocycles. The Labute approximate surface area is 170 Å². The zero-order valence-corrected chi connectivity index (χ0v) is 17.4. The molecule has 0 aromatic heterocycles. The molecule has 2 N–H and O–H groups in total. The summed E-state index contributed by atoms with van der Waals surface area (Å²) in [6.07, 6.45) is 8.39. The van der Waals surface area contributed by atoms with Crippen molar-refractivity contribution in [3.8, 4) is 0 Å². The van der Waals surface area contributed by atoms with Crippen molar-refractivity contribution in [1.29, 1.82) is 0 Å². The predicted molar refractivity (Wildman–Crippen MR) is 109 cm³/mol. The van der Waals surface area contributed by atoms with Crippen molar-refractivity contribution in [2.75, 3.05) is 13.1 Å². The van der Waals surface area contributed by atoms with Gasteiger partial charge in [-0.2, -0.15) is 0 Å². The maximum absolute atomic E-state index is 12.9. The van der Waals surface area contributed by atoms with Gasteiger partial charge in [-0.25, -0.2) is 0 Å². The predicted octanol–water partition coefficient (Wildman–Crippen LogP) is 3.83. The number of amides is 2. The third kappa shape index (κ3) is 4.23. The molecule has 2 amide bonds. The minimum atomic E-state index is -0.120. The zero-order chi connectivity index (χ0) is 18.9. The molecule has 0 atom stereocenters. The monoisotopic (exact) mass is 432 g/mol. The van der Waals surface area contributed by atoms with Crippen molar-refractivity contribution in [3.05, 3.63) is 34.3 Å². The van der Waals surface area contributed by atoms with Crippen molar-refractivity contribution >= 4 is 27.7 Å². The third-order valence-electron chi connectivity index (χ3n) is 6.83. The highest BCUT2D eigenvalue weighted by Gasteiger charge is 2.54. The summed E-state index contributed by atoms with van der Waals surface area (Å²) in [5.74, 6) is 2.52. The Hall–Kier alpha value is -1.36. The van der Waals surface area contributed by atoms with Gasteiger partial charge in [-0.3, -0.25) is 9.59 Å². The van der Waals surface area contributed by atoms with Gasteiger partial charge in [0.05, 0.1) is 0 Å². The van der Waals surface area contributed by atoms with E-state index in [1.54, 1.807) is 0 Å². The van der Waals surface area contributed by atoms with Gasteiger partial charge < -0.3 is 10.6 Å². The number of hydrogen-bond donors (Lipinski definition) is 2. The van der Waals surface area contributed by atoms with Gasteiger partial charge in [-0.15, -0.1) is 0 Å². The van der Waals surface area contributed by atoms with E-state index in [1.807, 2.05) is 18.2 Å². The summed E-state index contributed by atoms with van der Waals surface area (Å²) in [6.45, 7) is 1.06. The topological polar surface area (TPSA) is 58.2 Å². The number of halogens is 1. The Morgan fingerprint density at radius 3 is 2.22 bits per heavy atom. The average Bonchev–Trinajstić information content (AvgIpc) is 2.62. The summed E-state index contributed by atoms with van der Waals surface area (Å²) in [5.41, 5.74) is 1.07. The zero-order valence-electron chi connectivity index (χ0n) is 15.8. The molecular formula is C22H29BrN2O2. The third-order valence-corrected chi connectivity index (χ3v) is 7.61. The highest BCUT2D eigenvalue weighted by Crippen LogP contribution is 2.60. The standard InChI is InChI=1S/C22H29BrN2O2/c23-19-4-2-1-3-18(19)5-7-24-20(26)6-8-25-21(27)22-12-15-9-16(13-22)11-17(10-15)14-22/h1-4,15-17H,5-14H2,(H,24,26)(H,25,27). The van der Waals surface area contributed by atoms with E-state index in [-0.39, 0.29) is 17.2 Å². The lowest BCUT2D eigenvalue weighted by molar-refractivity contribution is -0.146. The van der Waals surface area contributed by atoms with Crippen LogP contribution in [0.3, 0.4) is 0 Å². The Balaban J connectivity index is 1.18. The molecule has 4 saturated carbocycles. The first kappa shape index (κ1) is 19.0. The Kier molecular flexibility index (Phi) is 5.58. The van der Waals surface area contributed by atoms with Crippen LogP contribution in [0.25, 0.3) is 0 Å². The van der Waals surface area contributed by atoms with E-state index in [0.29, 0.717) is 19.5 Å². The molecule has 4 nitrogen and oxygen atoms in total. The van der Waals surface area contributed by atoms with Crippen LogP contribution in [0.1, 0.15) is 50.5 Å². The minimum absolute atomic E-state index is 0.00728. The van der Waals surface area contributed by atoms with Crippen LogP contribution in [0, 0.1) is 23.2 Å². The summed E-state index contributed by atoms with van der Waals surface area (Å²) < 4.78 is 1.07. The lowest BCUT2D eigenvalue weighted by Crippen LogP contribution is -2.53. The molecule has 0 radical (unpaired) electrons. The van der Waals surface area contributed by atoms with Crippen LogP contribution in [0.15, 0.2) is 28.7 Å². The number of rotatable bonds is 7. The van der Waals surface area contributed by atoms with Crippen molar-refractivity contribution in [2.24, 2.45) is 23.2 Å². The minimum Gasteiger partial charge on any atom is -0.356 e. The SMILES string of the molecule is O=C(CCNC(=O)C12CC3CC(CC(C3)C1)C2)NCCc1ccccc1Br. The average molecular weight is 433 g/mol. The summed E-state index contributed by atoms with van der Waals surface area (Å²) in [5, 5.41) is 6.04. The number of carbonyl (C=O) groups is 2. The maximum Gasteiger partial charge on any atom is 0.226 e. The lowest BCUT2D eigenvalue weighted by Gasteiger charge is -2.55. The van der Waals surface area contributed by atoms with Crippen LogP contribution < -0.4 is 10.6 Å². The summed E-state index contributed by atoms with van der Waals surface area (Å²) in [6, 6.07) is 8.06. The van der Waals surface area contributed by atoms with Crippen LogP contribution in [0.4, 0.5) is 0 Å². The molecule has 4 aliphatic carbocycles. The fourth-order valence-electron chi connectivity index (χ4n) is 5.99. The van der Waals surface area contributed by atoms with Gasteiger partial charge in [-0.1, -0.05) is 34.1 Å². The number of nitrogens with one attached hydrogen (secondary N) is 2. The van der Waals surface area contributed by atoms with Gasteiger partial charge in [0.25, 0.3) is 0 Å². The second-order valence-electron chi connectivity index (χ2n) is 8.90. The first-order valence-corrected chi connectivity index (χ1v) is 11.1. The number of hydrogen-bond acceptors (Lipinski definition) is 2. The highest BCUT2D eigenvalue weighted by molar-refractivity contribution is 9.10. The van der Waals surface area contributed by atoms with Crippen molar-refractivity contribution in [3.63, 3.8) is 0 Å². The quantitative estimate of drug-likeness (QED) is 0.687. The van der Waals surface area contributed by atoms with Crippen molar-refractivity contribution in [1.82, 2.24) is 10.6 Å². The normalized spacial score (nSPS) is 30.9. The summed E-state index contributed by atoms with van der Waals surface area (Å²) >= 11 is 3.53. The van der Waals surface area contributed by atoms with Gasteiger partial charge in [-0.05, 0) is 74.3 Å². The fourth-order valence-corrected chi connectivity index (χ4v) is 6.47. The Morgan fingerprint density at radius 1 is 0.963 bits per heavy atom. The molecule has 0 aliphatic heterocycles. The van der Waals surface area contributed by atoms with E-state index < -0.39 is 0 Å². The molecular weight excluding hydrogens is 404 g/mol. The Bertz CT molecular complexity index is 683. The van der Waals surface area contributed by atoms with E-state index in [9.17, 15) is 9.59 Å². The van der Waals surface area contributed by atoms with E-state index in [4.69, 9.17) is 0 Å². The first-order chi connectivity index (χ1) is 13.0. The summed E-state index contributed by atoms with van der Waals surface area (Å²) in [4.78, 5) is 24.9. The molecule has 4 fully saturated rings. The van der Waals surface area contributed by atoms with E-state index in [0.717, 1.165) is 47.9 Å². The Morgan fingerprint density at radius 2 is 1.59 bits per heavy atom. The lowest BCUT2D eigenvalue weighted by atomic mass is 9.49. The molecule has 0 spiro atoms. The molecule has 0 saturated heterocycles. The molecule has 0 heterocycles. The second-order valence-corrected chi connectivity index (χ2v) is 9.75. The first-order valence-electron chi connectivity index (χ1n) is 10.3. The molecule has 146 valence electrons. The molecule has 4 aliphatic rings. The smallest absolute Gasteiger partial charge is 0.226 e. The van der Waals surface area contributed by atoms with Gasteiger partial charge in [0.2, 0.25) is 11.8 Å². The number of benzene rings is 1.